The number of amides is 1. The number of nitrogens with zero attached hydrogens (tertiary/aromatic N) is 3. The summed E-state index contributed by atoms with van der Waals surface area (Å²) in [6.07, 6.45) is 1.82. The highest BCUT2D eigenvalue weighted by atomic mass is 32.2. The molecule has 1 heterocycles. The number of Topliss-reactive ketones (excluding diaryl/α,β-unsaturated/α-hetero) is 1. The molecule has 5 nitrogen and oxygen atoms in total. The number of hydrogen-bond donors (Lipinski definition) is 0. The molecule has 144 valence electrons. The molecule has 0 aromatic heterocycles. The second kappa shape index (κ2) is 9.55. The molecule has 2 rings (SSSR count). The third-order valence-corrected chi connectivity index (χ3v) is 5.63. The van der Waals surface area contributed by atoms with Gasteiger partial charge in [0, 0.05) is 20.6 Å². The summed E-state index contributed by atoms with van der Waals surface area (Å²) in [7, 11) is 3.67. The van der Waals surface area contributed by atoms with Gasteiger partial charge in [0.1, 0.15) is 5.84 Å². The summed E-state index contributed by atoms with van der Waals surface area (Å²) in [5.41, 5.74) is 2.54. The minimum Gasteiger partial charge on any atom is -0.355 e. The van der Waals surface area contributed by atoms with Crippen LogP contribution in [-0.4, -0.2) is 53.7 Å². The van der Waals surface area contributed by atoms with Crippen LogP contribution in [-0.2, 0) is 16.1 Å². The molecule has 0 spiro atoms. The molecule has 0 fully saturated rings. The first kappa shape index (κ1) is 21.0. The van der Waals surface area contributed by atoms with Gasteiger partial charge in [-0.3, -0.25) is 9.59 Å². The van der Waals surface area contributed by atoms with Gasteiger partial charge in [0.2, 0.25) is 0 Å². The fourth-order valence-corrected chi connectivity index (χ4v) is 3.72. The van der Waals surface area contributed by atoms with Gasteiger partial charge in [-0.1, -0.05) is 36.4 Å². The second-order valence-electron chi connectivity index (χ2n) is 6.63. The van der Waals surface area contributed by atoms with Crippen molar-refractivity contribution in [3.05, 3.63) is 58.1 Å². The Morgan fingerprint density at radius 2 is 1.89 bits per heavy atom. The molecule has 0 saturated heterocycles. The van der Waals surface area contributed by atoms with Gasteiger partial charge < -0.3 is 9.80 Å². The SMILES string of the molecule is C/C=C(\C)C(=O)CN(C)C1=NC(C)=C(C(=O)N(C)Cc2ccccc2)SC1. The lowest BCUT2D eigenvalue weighted by molar-refractivity contribution is -0.125. The fourth-order valence-electron chi connectivity index (χ4n) is 2.62. The maximum Gasteiger partial charge on any atom is 0.262 e. The van der Waals surface area contributed by atoms with Crippen LogP contribution in [0, 0.1) is 0 Å². The molecule has 0 saturated carbocycles. The number of benzene rings is 1. The monoisotopic (exact) mass is 385 g/mol. The van der Waals surface area contributed by atoms with Crippen LogP contribution in [0.2, 0.25) is 0 Å². The highest BCUT2D eigenvalue weighted by Crippen LogP contribution is 2.28. The minimum absolute atomic E-state index is 0.0207. The summed E-state index contributed by atoms with van der Waals surface area (Å²) in [5, 5.41) is 0. The summed E-state index contributed by atoms with van der Waals surface area (Å²) in [4.78, 5) is 33.7. The molecule has 0 aliphatic carbocycles. The third kappa shape index (κ3) is 5.57. The molecule has 27 heavy (non-hydrogen) atoms. The van der Waals surface area contributed by atoms with Crippen LogP contribution in [0.5, 0.6) is 0 Å². The molecule has 1 amide bonds. The topological polar surface area (TPSA) is 53.0 Å². The van der Waals surface area contributed by atoms with E-state index in [1.165, 1.54) is 11.8 Å². The zero-order valence-electron chi connectivity index (χ0n) is 16.7. The van der Waals surface area contributed by atoms with Crippen molar-refractivity contribution in [3.8, 4) is 0 Å². The van der Waals surface area contributed by atoms with Crippen LogP contribution in [0.3, 0.4) is 0 Å². The van der Waals surface area contributed by atoms with Crippen LogP contribution in [0.25, 0.3) is 0 Å². The number of amidine groups is 1. The van der Waals surface area contributed by atoms with Gasteiger partial charge in [-0.25, -0.2) is 4.99 Å². The normalized spacial score (nSPS) is 14.7. The van der Waals surface area contributed by atoms with Crippen LogP contribution >= 0.6 is 11.8 Å². The molecular weight excluding hydrogens is 358 g/mol. The van der Waals surface area contributed by atoms with Crippen molar-refractivity contribution in [1.82, 2.24) is 9.80 Å². The molecule has 6 heteroatoms. The maximum absolute atomic E-state index is 12.8. The van der Waals surface area contributed by atoms with E-state index in [1.54, 1.807) is 11.9 Å². The molecule has 0 N–H and O–H groups in total. The van der Waals surface area contributed by atoms with Crippen molar-refractivity contribution in [3.63, 3.8) is 0 Å². The average Bonchev–Trinajstić information content (AvgIpc) is 2.67. The molecular formula is C21H27N3O2S. The molecule has 1 aliphatic heterocycles. The Morgan fingerprint density at radius 3 is 2.48 bits per heavy atom. The van der Waals surface area contributed by atoms with E-state index in [-0.39, 0.29) is 11.7 Å². The Bertz CT molecular complexity index is 797. The quantitative estimate of drug-likeness (QED) is 0.704. The average molecular weight is 386 g/mol. The lowest BCUT2D eigenvalue weighted by Gasteiger charge is -2.26. The van der Waals surface area contributed by atoms with Gasteiger partial charge in [0.05, 0.1) is 22.9 Å². The highest BCUT2D eigenvalue weighted by molar-refractivity contribution is 8.04. The van der Waals surface area contributed by atoms with E-state index in [9.17, 15) is 9.59 Å². The standard InChI is InChI=1S/C21H27N3O2S/c1-6-15(2)18(25)13-23(4)19-14-27-20(16(3)22-19)21(26)24(5)12-17-10-8-7-9-11-17/h6-11H,12-14H2,1-5H3/b15-6+. The molecule has 1 aromatic carbocycles. The van der Waals surface area contributed by atoms with Crippen molar-refractivity contribution < 1.29 is 9.59 Å². The molecule has 1 aromatic rings. The van der Waals surface area contributed by atoms with E-state index in [0.29, 0.717) is 29.4 Å². The van der Waals surface area contributed by atoms with Crippen molar-refractivity contribution in [1.29, 1.82) is 0 Å². The number of aliphatic imine (C=N–C) groups is 1. The van der Waals surface area contributed by atoms with E-state index >= 15 is 0 Å². The van der Waals surface area contributed by atoms with Gasteiger partial charge in [0.15, 0.2) is 5.78 Å². The van der Waals surface area contributed by atoms with E-state index in [0.717, 1.165) is 17.0 Å². The van der Waals surface area contributed by atoms with E-state index in [1.807, 2.05) is 69.1 Å². The Balaban J connectivity index is 2.07. The summed E-state index contributed by atoms with van der Waals surface area (Å²) in [6, 6.07) is 9.92. The number of thioether (sulfide) groups is 1. The van der Waals surface area contributed by atoms with Gasteiger partial charge in [0.25, 0.3) is 5.91 Å². The van der Waals surface area contributed by atoms with Gasteiger partial charge >= 0.3 is 0 Å². The largest absolute Gasteiger partial charge is 0.355 e. The van der Waals surface area contributed by atoms with Crippen LogP contribution in [0.4, 0.5) is 0 Å². The summed E-state index contributed by atoms with van der Waals surface area (Å²) < 4.78 is 0. The lowest BCUT2D eigenvalue weighted by Crippen LogP contribution is -2.36. The number of allylic oxidation sites excluding steroid dienone is 2. The number of hydrogen-bond acceptors (Lipinski definition) is 5. The molecule has 0 radical (unpaired) electrons. The maximum atomic E-state index is 12.8. The molecule has 0 bridgehead atoms. The zero-order chi connectivity index (χ0) is 20.0. The van der Waals surface area contributed by atoms with Gasteiger partial charge in [-0.15, -0.1) is 11.8 Å². The first-order valence-corrected chi connectivity index (χ1v) is 9.90. The predicted octanol–water partition coefficient (Wildman–Crippen LogP) is 3.49. The Kier molecular flexibility index (Phi) is 7.42. The van der Waals surface area contributed by atoms with Gasteiger partial charge in [-0.2, -0.15) is 0 Å². The second-order valence-corrected chi connectivity index (χ2v) is 7.61. The van der Waals surface area contributed by atoms with Crippen molar-refractivity contribution >= 4 is 29.3 Å². The summed E-state index contributed by atoms with van der Waals surface area (Å²) in [6.45, 7) is 6.38. The first-order valence-electron chi connectivity index (χ1n) is 8.91. The van der Waals surface area contributed by atoms with Crippen molar-refractivity contribution in [2.75, 3.05) is 26.4 Å². The van der Waals surface area contributed by atoms with E-state index in [4.69, 9.17) is 0 Å². The van der Waals surface area contributed by atoms with Crippen LogP contribution < -0.4 is 0 Å². The van der Waals surface area contributed by atoms with Gasteiger partial charge in [-0.05, 0) is 31.9 Å². The van der Waals surface area contributed by atoms with E-state index < -0.39 is 0 Å². The minimum atomic E-state index is -0.0207. The highest BCUT2D eigenvalue weighted by Gasteiger charge is 2.24. The molecule has 0 unspecified atom stereocenters. The number of carbonyl (C=O) groups excluding carboxylic acids is 2. The Hall–Kier alpha value is -2.34. The van der Waals surface area contributed by atoms with E-state index in [2.05, 4.69) is 4.99 Å². The number of ketones is 1. The Labute approximate surface area is 165 Å². The number of likely N-dealkylation sites (N-methyl/N-ethyl adjacent to an activating group) is 2. The first-order chi connectivity index (χ1) is 12.8. The van der Waals surface area contributed by atoms with Crippen LogP contribution in [0.1, 0.15) is 26.3 Å². The van der Waals surface area contributed by atoms with Crippen molar-refractivity contribution in [2.24, 2.45) is 4.99 Å². The molecule has 1 aliphatic rings. The van der Waals surface area contributed by atoms with Crippen LogP contribution in [0.15, 0.2) is 57.6 Å². The summed E-state index contributed by atoms with van der Waals surface area (Å²) in [5.74, 6) is 1.46. The number of rotatable bonds is 6. The molecule has 0 atom stereocenters. The number of carbonyl (C=O) groups is 2. The lowest BCUT2D eigenvalue weighted by atomic mass is 10.2. The summed E-state index contributed by atoms with van der Waals surface area (Å²) >= 11 is 1.49. The predicted molar refractivity (Wildman–Crippen MR) is 113 cm³/mol. The fraction of sp³-hybridized carbons (Fsp3) is 0.381. The third-order valence-electron chi connectivity index (χ3n) is 4.47. The smallest absolute Gasteiger partial charge is 0.262 e. The zero-order valence-corrected chi connectivity index (χ0v) is 17.5. The van der Waals surface area contributed by atoms with Crippen molar-refractivity contribution in [2.45, 2.75) is 27.3 Å². The Morgan fingerprint density at radius 1 is 1.22 bits per heavy atom.